The summed E-state index contributed by atoms with van der Waals surface area (Å²) in [6.07, 6.45) is 4.32. The lowest BCUT2D eigenvalue weighted by atomic mass is 9.82. The number of nitrogens with two attached hydrogens (primary N) is 1. The minimum absolute atomic E-state index is 0.365. The summed E-state index contributed by atoms with van der Waals surface area (Å²) in [6, 6.07) is 0. The zero-order valence-electron chi connectivity index (χ0n) is 6.77. The molecule has 1 aromatic rings. The van der Waals surface area contributed by atoms with Crippen molar-refractivity contribution < 1.29 is 4.74 Å². The van der Waals surface area contributed by atoms with Crippen LogP contribution in [0.3, 0.4) is 0 Å². The summed E-state index contributed by atoms with van der Waals surface area (Å²) in [5.41, 5.74) is 5.50. The van der Waals surface area contributed by atoms with E-state index in [4.69, 9.17) is 10.5 Å². The molecule has 1 aliphatic carbocycles. The van der Waals surface area contributed by atoms with Crippen LogP contribution in [0.5, 0.6) is 5.19 Å². The predicted octanol–water partition coefficient (Wildman–Crippen LogP) is 1.26. The van der Waals surface area contributed by atoms with E-state index in [-0.39, 0.29) is 0 Å². The summed E-state index contributed by atoms with van der Waals surface area (Å²) >= 11 is 1.54. The summed E-state index contributed by atoms with van der Waals surface area (Å²) in [7, 11) is 0. The third-order valence-corrected chi connectivity index (χ3v) is 2.86. The van der Waals surface area contributed by atoms with Crippen LogP contribution in [0.25, 0.3) is 0 Å². The second-order valence-corrected chi connectivity index (χ2v) is 3.97. The summed E-state index contributed by atoms with van der Waals surface area (Å²) in [4.78, 5) is 4.05. The smallest absolute Gasteiger partial charge is 0.273 e. The normalized spacial score (nSPS) is 28.1. The molecule has 1 aromatic heterocycles. The van der Waals surface area contributed by atoms with Crippen molar-refractivity contribution in [1.82, 2.24) is 4.98 Å². The molecule has 3 nitrogen and oxygen atoms in total. The minimum atomic E-state index is 0.365. The highest BCUT2D eigenvalue weighted by Crippen LogP contribution is 2.30. The first kappa shape index (κ1) is 8.01. The van der Waals surface area contributed by atoms with Crippen molar-refractivity contribution in [2.75, 3.05) is 6.54 Å². The van der Waals surface area contributed by atoms with Crippen molar-refractivity contribution in [3.63, 3.8) is 0 Å². The lowest BCUT2D eigenvalue weighted by molar-refractivity contribution is 0.0688. The van der Waals surface area contributed by atoms with E-state index in [1.807, 2.05) is 5.38 Å². The molecule has 0 spiro atoms. The van der Waals surface area contributed by atoms with Gasteiger partial charge in [-0.05, 0) is 25.3 Å². The molecule has 0 unspecified atom stereocenters. The van der Waals surface area contributed by atoms with Gasteiger partial charge in [-0.2, -0.15) is 0 Å². The fourth-order valence-corrected chi connectivity index (χ4v) is 1.93. The monoisotopic (exact) mass is 184 g/mol. The average Bonchev–Trinajstić information content (AvgIpc) is 2.47. The zero-order chi connectivity index (χ0) is 8.39. The Labute approximate surface area is 75.6 Å². The van der Waals surface area contributed by atoms with Crippen LogP contribution in [0.2, 0.25) is 0 Å². The van der Waals surface area contributed by atoms with E-state index in [1.54, 1.807) is 17.5 Å². The van der Waals surface area contributed by atoms with Gasteiger partial charge in [0, 0.05) is 11.6 Å². The molecule has 0 bridgehead atoms. The van der Waals surface area contributed by atoms with E-state index < -0.39 is 0 Å². The van der Waals surface area contributed by atoms with E-state index in [2.05, 4.69) is 4.98 Å². The molecule has 0 aliphatic heterocycles. The largest absolute Gasteiger partial charge is 0.467 e. The van der Waals surface area contributed by atoms with Gasteiger partial charge in [0.1, 0.15) is 6.10 Å². The molecule has 0 radical (unpaired) electrons. The van der Waals surface area contributed by atoms with Gasteiger partial charge in [0.2, 0.25) is 0 Å². The van der Waals surface area contributed by atoms with Crippen molar-refractivity contribution in [3.05, 3.63) is 11.6 Å². The maximum Gasteiger partial charge on any atom is 0.273 e. The van der Waals surface area contributed by atoms with Gasteiger partial charge < -0.3 is 10.5 Å². The Morgan fingerprint density at radius 3 is 3.08 bits per heavy atom. The lowest BCUT2D eigenvalue weighted by Gasteiger charge is -2.33. The Morgan fingerprint density at radius 1 is 1.67 bits per heavy atom. The first-order valence-corrected chi connectivity index (χ1v) is 5.02. The van der Waals surface area contributed by atoms with Crippen LogP contribution in [0, 0.1) is 5.92 Å². The van der Waals surface area contributed by atoms with Crippen molar-refractivity contribution in [2.24, 2.45) is 11.7 Å². The second kappa shape index (κ2) is 3.41. The molecule has 4 heteroatoms. The van der Waals surface area contributed by atoms with Crippen molar-refractivity contribution in [2.45, 2.75) is 18.9 Å². The highest BCUT2D eigenvalue weighted by Gasteiger charge is 2.29. The number of aromatic nitrogens is 1. The number of thiazole rings is 1. The van der Waals surface area contributed by atoms with E-state index in [0.29, 0.717) is 12.0 Å². The number of hydrogen-bond acceptors (Lipinski definition) is 4. The number of ether oxygens (including phenoxy) is 1. The molecule has 1 heterocycles. The minimum Gasteiger partial charge on any atom is -0.467 e. The first-order chi connectivity index (χ1) is 5.88. The van der Waals surface area contributed by atoms with Gasteiger partial charge in [-0.15, -0.1) is 0 Å². The SMILES string of the molecule is NCC1CC(Oc2nccs2)C1. The van der Waals surface area contributed by atoms with E-state index in [1.165, 1.54) is 0 Å². The molecule has 1 aliphatic rings. The first-order valence-electron chi connectivity index (χ1n) is 4.14. The van der Waals surface area contributed by atoms with Gasteiger partial charge in [0.15, 0.2) is 0 Å². The standard InChI is InChI=1S/C8H12N2OS/c9-5-6-3-7(4-6)11-8-10-1-2-12-8/h1-2,6-7H,3-5,9H2. The summed E-state index contributed by atoms with van der Waals surface area (Å²) in [5, 5.41) is 2.71. The Balaban J connectivity index is 1.77. The Kier molecular flexibility index (Phi) is 2.28. The highest BCUT2D eigenvalue weighted by molar-refractivity contribution is 7.11. The van der Waals surface area contributed by atoms with Crippen molar-refractivity contribution >= 4 is 11.3 Å². The third-order valence-electron chi connectivity index (χ3n) is 2.20. The molecule has 0 atom stereocenters. The number of hydrogen-bond donors (Lipinski definition) is 1. The zero-order valence-corrected chi connectivity index (χ0v) is 7.59. The van der Waals surface area contributed by atoms with Gasteiger partial charge in [0.05, 0.1) is 0 Å². The van der Waals surface area contributed by atoms with Crippen LogP contribution in [0.1, 0.15) is 12.8 Å². The molecular formula is C8H12N2OS. The van der Waals surface area contributed by atoms with Gasteiger partial charge in [-0.25, -0.2) is 4.98 Å². The maximum atomic E-state index is 5.57. The van der Waals surface area contributed by atoms with E-state index in [9.17, 15) is 0 Å². The Hall–Kier alpha value is -0.610. The highest BCUT2D eigenvalue weighted by atomic mass is 32.1. The number of rotatable bonds is 3. The number of nitrogens with zero attached hydrogens (tertiary/aromatic N) is 1. The van der Waals surface area contributed by atoms with E-state index >= 15 is 0 Å². The maximum absolute atomic E-state index is 5.57. The summed E-state index contributed by atoms with van der Waals surface area (Å²) in [6.45, 7) is 0.789. The van der Waals surface area contributed by atoms with E-state index in [0.717, 1.165) is 24.6 Å². The van der Waals surface area contributed by atoms with Gasteiger partial charge >= 0.3 is 0 Å². The second-order valence-electron chi connectivity index (χ2n) is 3.11. The van der Waals surface area contributed by atoms with Crippen LogP contribution in [0.15, 0.2) is 11.6 Å². The van der Waals surface area contributed by atoms with Crippen LogP contribution >= 0.6 is 11.3 Å². The van der Waals surface area contributed by atoms with Crippen LogP contribution in [0.4, 0.5) is 0 Å². The predicted molar refractivity (Wildman–Crippen MR) is 48.3 cm³/mol. The van der Waals surface area contributed by atoms with Crippen LogP contribution < -0.4 is 10.5 Å². The third kappa shape index (κ3) is 1.59. The quantitative estimate of drug-likeness (QED) is 0.769. The molecule has 12 heavy (non-hydrogen) atoms. The molecule has 1 saturated carbocycles. The molecule has 2 rings (SSSR count). The molecule has 66 valence electrons. The average molecular weight is 184 g/mol. The van der Waals surface area contributed by atoms with Gasteiger partial charge in [-0.1, -0.05) is 11.3 Å². The van der Waals surface area contributed by atoms with Gasteiger partial charge in [0.25, 0.3) is 5.19 Å². The molecule has 0 aromatic carbocycles. The fourth-order valence-electron chi connectivity index (χ4n) is 1.37. The topological polar surface area (TPSA) is 48.1 Å². The molecular weight excluding hydrogens is 172 g/mol. The molecule has 1 fully saturated rings. The van der Waals surface area contributed by atoms with Crippen LogP contribution in [-0.2, 0) is 0 Å². The molecule has 2 N–H and O–H groups in total. The summed E-state index contributed by atoms with van der Waals surface area (Å²) < 4.78 is 5.57. The fraction of sp³-hybridized carbons (Fsp3) is 0.625. The molecule has 0 amide bonds. The molecule has 0 saturated heterocycles. The van der Waals surface area contributed by atoms with Crippen LogP contribution in [-0.4, -0.2) is 17.6 Å². The van der Waals surface area contributed by atoms with Gasteiger partial charge in [-0.3, -0.25) is 0 Å². The summed E-state index contributed by atoms with van der Waals surface area (Å²) in [5.74, 6) is 0.676. The lowest BCUT2D eigenvalue weighted by Crippen LogP contribution is -2.37. The van der Waals surface area contributed by atoms with Crippen molar-refractivity contribution in [3.8, 4) is 5.19 Å². The van der Waals surface area contributed by atoms with Crippen molar-refractivity contribution in [1.29, 1.82) is 0 Å². The Bertz CT molecular complexity index is 231. The Morgan fingerprint density at radius 2 is 2.50 bits per heavy atom.